The summed E-state index contributed by atoms with van der Waals surface area (Å²) in [6.45, 7) is 0. The maximum atomic E-state index is 8.42. The molecule has 0 aromatic carbocycles. The molecule has 0 aliphatic carbocycles. The normalized spacial score (nSPS) is 3.86. The molecule has 0 aromatic heterocycles. The van der Waals surface area contributed by atoms with Crippen LogP contribution in [-0.2, 0) is 0 Å². The van der Waals surface area contributed by atoms with Gasteiger partial charge < -0.3 is 15.1 Å². The molecule has 1 atom stereocenters. The van der Waals surface area contributed by atoms with E-state index in [2.05, 4.69) is 0 Å². The Balaban J connectivity index is -0.0000000150. The van der Waals surface area contributed by atoms with E-state index in [9.17, 15) is 0 Å². The summed E-state index contributed by atoms with van der Waals surface area (Å²) in [7, 11) is -2.92. The summed E-state index contributed by atoms with van der Waals surface area (Å²) in [6.07, 6.45) is 0. The molecule has 0 aliphatic rings. The van der Waals surface area contributed by atoms with Crippen molar-refractivity contribution in [3.8, 4) is 0 Å². The van der Waals surface area contributed by atoms with Gasteiger partial charge in [0.25, 0.3) is 0 Å². The predicted octanol–water partition coefficient (Wildman–Crippen LogP) is -4.65. The Morgan fingerprint density at radius 1 is 1.00 bits per heavy atom. The van der Waals surface area contributed by atoms with Crippen molar-refractivity contribution in [2.24, 2.45) is 0 Å². The van der Waals surface area contributed by atoms with Gasteiger partial charge >= 0.3 is 68.5 Å². The van der Waals surface area contributed by atoms with Crippen LogP contribution in [0.5, 0.6) is 0 Å². The van der Waals surface area contributed by atoms with Crippen molar-refractivity contribution in [3.05, 3.63) is 0 Å². The van der Waals surface area contributed by atoms with Gasteiger partial charge in [-0.2, -0.15) is 9.90 Å². The van der Waals surface area contributed by atoms with E-state index < -0.39 is 7.32 Å². The Hall–Kier alpha value is 2.62. The molecule has 7 heteroatoms. The van der Waals surface area contributed by atoms with Gasteiger partial charge in [0.05, 0.1) is 0 Å². The van der Waals surface area contributed by atoms with Crippen LogP contribution in [0.25, 0.3) is 0 Å². The van der Waals surface area contributed by atoms with E-state index in [1.54, 1.807) is 0 Å². The topological polar surface area (TPSA) is 69.2 Å². The van der Waals surface area contributed by atoms with Crippen LogP contribution in [0.3, 0.4) is 0 Å². The molecule has 7 heavy (non-hydrogen) atoms. The van der Waals surface area contributed by atoms with Crippen LogP contribution in [0.2, 0.25) is 0 Å². The van der Waals surface area contributed by atoms with Gasteiger partial charge in [-0.15, -0.1) is 0 Å². The van der Waals surface area contributed by atoms with Crippen LogP contribution in [0.15, 0.2) is 0 Å². The Morgan fingerprint density at radius 2 is 1.00 bits per heavy atom. The smallest absolute Gasteiger partial charge is 0.907 e. The van der Waals surface area contributed by atoms with Crippen LogP contribution in [0, 0.1) is 0 Å². The van der Waals surface area contributed by atoms with E-state index in [1.165, 1.54) is 0 Å². The first-order valence-electron chi connectivity index (χ1n) is 0.707. The third-order valence-corrected chi connectivity index (χ3v) is 0. The monoisotopic (exact) mass is 205 g/mol. The zero-order valence-corrected chi connectivity index (χ0v) is 10.2. The molecule has 0 heterocycles. The minimum absolute atomic E-state index is 0. The fourth-order valence-corrected chi connectivity index (χ4v) is 0. The van der Waals surface area contributed by atoms with Crippen LogP contribution in [-0.4, -0.2) is 75.9 Å². The van der Waals surface area contributed by atoms with Crippen molar-refractivity contribution < 1.29 is 15.1 Å². The van der Waals surface area contributed by atoms with Gasteiger partial charge in [-0.25, -0.2) is 0 Å². The SMILES string of the molecule is P.[Mg+2].[O-]B([O-])[O-].[Sr+2]. The zero-order valence-electron chi connectivity index (χ0n) is 3.92. The molecule has 0 bridgehead atoms. The molecule has 1 unspecified atom stereocenters. The van der Waals surface area contributed by atoms with Crippen molar-refractivity contribution in [1.29, 1.82) is 0 Å². The molecule has 0 aliphatic heterocycles. The van der Waals surface area contributed by atoms with Gasteiger partial charge in [-0.3, -0.25) is 7.32 Å². The fourth-order valence-electron chi connectivity index (χ4n) is 0. The number of hydrogen-bond donors (Lipinski definition) is 0. The standard InChI is InChI=1S/BO3.Mg.H3P.Sr/c2-1(3)4;;;/h;;1H3;/q-3;+2;;+2. The molecule has 0 spiro atoms. The van der Waals surface area contributed by atoms with Crippen molar-refractivity contribution in [2.45, 2.75) is 0 Å². The van der Waals surface area contributed by atoms with Crippen molar-refractivity contribution >= 4 is 85.8 Å². The average Bonchev–Trinajstić information content (AvgIpc) is 0.811. The number of hydrogen-bond acceptors (Lipinski definition) is 3. The molecular formula is H3BMgO3PSr+. The third-order valence-electron chi connectivity index (χ3n) is 0. The largest absolute Gasteiger partial charge is 2.00 e. The Morgan fingerprint density at radius 3 is 1.00 bits per heavy atom. The first-order valence-corrected chi connectivity index (χ1v) is 0.707. The van der Waals surface area contributed by atoms with Crippen LogP contribution in [0.1, 0.15) is 0 Å². The fraction of sp³-hybridized carbons (Fsp3) is 0. The molecule has 0 radical (unpaired) electrons. The zero-order chi connectivity index (χ0) is 3.58. The Bertz CT molecular complexity index is 19.7. The summed E-state index contributed by atoms with van der Waals surface area (Å²) in [6, 6.07) is 0. The van der Waals surface area contributed by atoms with E-state index in [4.69, 9.17) is 15.1 Å². The maximum absolute atomic E-state index is 8.42. The van der Waals surface area contributed by atoms with Crippen molar-refractivity contribution in [2.75, 3.05) is 0 Å². The molecule has 0 rings (SSSR count). The maximum Gasteiger partial charge on any atom is 2.00 e. The molecule has 32 valence electrons. The van der Waals surface area contributed by atoms with Crippen LogP contribution >= 0.6 is 9.90 Å². The van der Waals surface area contributed by atoms with Gasteiger partial charge in [-0.05, 0) is 0 Å². The summed E-state index contributed by atoms with van der Waals surface area (Å²) in [5.41, 5.74) is 0. The molecular weight excluding hydrogens is 202 g/mol. The Kier molecular flexibility index (Phi) is 51.2. The molecule has 0 fully saturated rings. The molecule has 0 saturated carbocycles. The second kappa shape index (κ2) is 15.8. The second-order valence-corrected chi connectivity index (χ2v) is 0.289. The second-order valence-electron chi connectivity index (χ2n) is 0.289. The van der Waals surface area contributed by atoms with Gasteiger partial charge in [0.2, 0.25) is 0 Å². The summed E-state index contributed by atoms with van der Waals surface area (Å²) >= 11 is 0. The minimum atomic E-state index is -2.92. The molecule has 0 aromatic rings. The van der Waals surface area contributed by atoms with Crippen LogP contribution < -0.4 is 15.1 Å². The summed E-state index contributed by atoms with van der Waals surface area (Å²) < 4.78 is 0. The van der Waals surface area contributed by atoms with E-state index >= 15 is 0 Å². The summed E-state index contributed by atoms with van der Waals surface area (Å²) in [5.74, 6) is 0. The molecule has 0 saturated heterocycles. The predicted molar refractivity (Wildman–Crippen MR) is 28.4 cm³/mol. The first-order chi connectivity index (χ1) is 1.73. The first kappa shape index (κ1) is 22.6. The molecule has 0 N–H and O–H groups in total. The number of rotatable bonds is 0. The molecule has 0 amide bonds. The third kappa shape index (κ3) is 55.0. The van der Waals surface area contributed by atoms with E-state index in [0.29, 0.717) is 0 Å². The van der Waals surface area contributed by atoms with Crippen molar-refractivity contribution in [1.82, 2.24) is 0 Å². The van der Waals surface area contributed by atoms with Gasteiger partial charge in [0.1, 0.15) is 0 Å². The minimum Gasteiger partial charge on any atom is -0.907 e. The van der Waals surface area contributed by atoms with E-state index in [0.717, 1.165) is 0 Å². The average molecular weight is 205 g/mol. The van der Waals surface area contributed by atoms with Crippen molar-refractivity contribution in [3.63, 3.8) is 0 Å². The Labute approximate surface area is 99.1 Å². The van der Waals surface area contributed by atoms with Crippen LogP contribution in [0.4, 0.5) is 0 Å². The summed E-state index contributed by atoms with van der Waals surface area (Å²) in [4.78, 5) is 0. The van der Waals surface area contributed by atoms with Gasteiger partial charge in [0, 0.05) is 0 Å². The summed E-state index contributed by atoms with van der Waals surface area (Å²) in [5, 5.41) is 25.2. The van der Waals surface area contributed by atoms with Gasteiger partial charge in [-0.1, -0.05) is 0 Å². The van der Waals surface area contributed by atoms with E-state index in [1.807, 2.05) is 0 Å². The molecule has 3 nitrogen and oxygen atoms in total. The quantitative estimate of drug-likeness (QED) is 0.294. The van der Waals surface area contributed by atoms with Gasteiger partial charge in [0.15, 0.2) is 0 Å². The van der Waals surface area contributed by atoms with E-state index in [-0.39, 0.29) is 78.4 Å².